The lowest BCUT2D eigenvalue weighted by Gasteiger charge is -2.58. The number of aliphatic hydroxyl groups is 1. The largest absolute Gasteiger partial charge is 0.393 e. The van der Waals surface area contributed by atoms with Crippen LogP contribution in [0.25, 0.3) is 0 Å². The third-order valence-electron chi connectivity index (χ3n) is 11.8. The average molecular weight is 429 g/mol. The molecule has 2 heteroatoms. The minimum Gasteiger partial charge on any atom is -0.393 e. The Hall–Kier alpha value is -0.340. The summed E-state index contributed by atoms with van der Waals surface area (Å²) in [5, 5.41) is 10.3. The fraction of sp³-hybridized carbons (Fsp3) is 0.931. The van der Waals surface area contributed by atoms with Gasteiger partial charge < -0.3 is 9.84 Å². The first-order valence-corrected chi connectivity index (χ1v) is 13.7. The zero-order chi connectivity index (χ0) is 22.2. The van der Waals surface area contributed by atoms with Gasteiger partial charge in [0.2, 0.25) is 0 Å². The Labute approximate surface area is 191 Å². The SMILES string of the molecule is CC[C@]1(C(C)C)O[C@@H]1C[C@@H](C)[C@H]1CCC2C3CC=C4C[C@@H](O)CC[C@]4(C)C3CC[C@@]21C. The molecular formula is C29H48O2. The Bertz CT molecular complexity index is 726. The summed E-state index contributed by atoms with van der Waals surface area (Å²) in [6, 6.07) is 0. The number of ether oxygens (including phenoxy) is 1. The monoisotopic (exact) mass is 428 g/mol. The lowest BCUT2D eigenvalue weighted by Crippen LogP contribution is -2.50. The summed E-state index contributed by atoms with van der Waals surface area (Å²) in [7, 11) is 0. The van der Waals surface area contributed by atoms with E-state index in [0.29, 0.717) is 22.9 Å². The van der Waals surface area contributed by atoms with Crippen molar-refractivity contribution in [3.05, 3.63) is 11.6 Å². The molecule has 10 atom stereocenters. The first-order valence-electron chi connectivity index (χ1n) is 13.7. The lowest BCUT2D eigenvalue weighted by molar-refractivity contribution is -0.0575. The van der Waals surface area contributed by atoms with Gasteiger partial charge in [-0.1, -0.05) is 53.2 Å². The maximum absolute atomic E-state index is 10.3. The highest BCUT2D eigenvalue weighted by molar-refractivity contribution is 5.25. The highest BCUT2D eigenvalue weighted by Crippen LogP contribution is 2.67. The van der Waals surface area contributed by atoms with Gasteiger partial charge in [0.1, 0.15) is 0 Å². The number of fused-ring (bicyclic) bond motifs is 5. The topological polar surface area (TPSA) is 32.8 Å². The molecule has 3 saturated carbocycles. The second-order valence-corrected chi connectivity index (χ2v) is 13.2. The molecule has 1 aliphatic heterocycles. The molecule has 3 unspecified atom stereocenters. The first kappa shape index (κ1) is 22.5. The van der Waals surface area contributed by atoms with Gasteiger partial charge in [0.15, 0.2) is 0 Å². The first-order chi connectivity index (χ1) is 14.7. The van der Waals surface area contributed by atoms with Crippen molar-refractivity contribution >= 4 is 0 Å². The fourth-order valence-electron chi connectivity index (χ4n) is 9.82. The van der Waals surface area contributed by atoms with Crippen molar-refractivity contribution in [3.8, 4) is 0 Å². The molecule has 0 aromatic carbocycles. The van der Waals surface area contributed by atoms with E-state index in [4.69, 9.17) is 4.74 Å². The Balaban J connectivity index is 1.31. The molecule has 176 valence electrons. The molecule has 0 radical (unpaired) electrons. The Morgan fingerprint density at radius 1 is 1.06 bits per heavy atom. The number of epoxide rings is 1. The lowest BCUT2D eigenvalue weighted by atomic mass is 9.47. The van der Waals surface area contributed by atoms with Gasteiger partial charge in [-0.05, 0) is 111 Å². The van der Waals surface area contributed by atoms with E-state index in [-0.39, 0.29) is 11.7 Å². The Morgan fingerprint density at radius 3 is 2.52 bits per heavy atom. The molecule has 1 saturated heterocycles. The van der Waals surface area contributed by atoms with Crippen molar-refractivity contribution in [1.29, 1.82) is 0 Å². The van der Waals surface area contributed by atoms with Gasteiger partial charge in [-0.15, -0.1) is 0 Å². The Morgan fingerprint density at radius 2 is 1.84 bits per heavy atom. The molecule has 4 aliphatic carbocycles. The molecule has 31 heavy (non-hydrogen) atoms. The van der Waals surface area contributed by atoms with Crippen LogP contribution in [0.1, 0.15) is 106 Å². The number of rotatable bonds is 5. The van der Waals surface area contributed by atoms with Crippen LogP contribution in [0.3, 0.4) is 0 Å². The molecule has 0 spiro atoms. The van der Waals surface area contributed by atoms with Crippen molar-refractivity contribution in [2.24, 2.45) is 46.3 Å². The van der Waals surface area contributed by atoms with Gasteiger partial charge in [-0.2, -0.15) is 0 Å². The van der Waals surface area contributed by atoms with Crippen LogP contribution in [0.5, 0.6) is 0 Å². The van der Waals surface area contributed by atoms with Gasteiger partial charge in [0.25, 0.3) is 0 Å². The molecule has 5 rings (SSSR count). The van der Waals surface area contributed by atoms with E-state index >= 15 is 0 Å². The third kappa shape index (κ3) is 3.24. The maximum atomic E-state index is 10.3. The van der Waals surface area contributed by atoms with Gasteiger partial charge in [-0.3, -0.25) is 0 Å². The highest BCUT2D eigenvalue weighted by Gasteiger charge is 2.61. The van der Waals surface area contributed by atoms with E-state index in [0.717, 1.165) is 48.9 Å². The molecule has 4 fully saturated rings. The summed E-state index contributed by atoms with van der Waals surface area (Å²) in [6.45, 7) is 14.8. The van der Waals surface area contributed by atoms with Gasteiger partial charge in [0.05, 0.1) is 17.8 Å². The van der Waals surface area contributed by atoms with Crippen LogP contribution in [0, 0.1) is 46.3 Å². The molecule has 0 bridgehead atoms. The van der Waals surface area contributed by atoms with E-state index in [9.17, 15) is 5.11 Å². The van der Waals surface area contributed by atoms with Crippen molar-refractivity contribution in [2.45, 2.75) is 124 Å². The van der Waals surface area contributed by atoms with Crippen LogP contribution < -0.4 is 0 Å². The van der Waals surface area contributed by atoms with Crippen molar-refractivity contribution in [3.63, 3.8) is 0 Å². The number of aliphatic hydroxyl groups excluding tert-OH is 1. The minimum absolute atomic E-state index is 0.0906. The fourth-order valence-corrected chi connectivity index (χ4v) is 9.82. The second kappa shape index (κ2) is 7.59. The van der Waals surface area contributed by atoms with Crippen LogP contribution in [-0.4, -0.2) is 22.9 Å². The molecule has 1 N–H and O–H groups in total. The predicted octanol–water partition coefficient (Wildman–Crippen LogP) is 7.16. The quantitative estimate of drug-likeness (QED) is 0.372. The summed E-state index contributed by atoms with van der Waals surface area (Å²) >= 11 is 0. The van der Waals surface area contributed by atoms with E-state index < -0.39 is 0 Å². The summed E-state index contributed by atoms with van der Waals surface area (Å²) in [4.78, 5) is 0. The molecule has 5 aliphatic rings. The molecule has 0 aromatic rings. The number of allylic oxidation sites excluding steroid dienone is 1. The molecule has 0 aromatic heterocycles. The standard InChI is InChI=1S/C29H48O2/c1-7-29(18(2)3)26(31-29)16-19(4)23-10-11-24-22-9-8-20-17-21(30)12-14-27(20,5)25(22)13-15-28(23,24)6/h8,18-19,21-26,30H,7,9-17H2,1-6H3/t19-,21+,22?,23-,24?,25?,26-,27+,28-,29-/m1/s1. The highest BCUT2D eigenvalue weighted by atomic mass is 16.6. The summed E-state index contributed by atoms with van der Waals surface area (Å²) in [5.74, 6) is 4.92. The predicted molar refractivity (Wildman–Crippen MR) is 128 cm³/mol. The van der Waals surface area contributed by atoms with Gasteiger partial charge >= 0.3 is 0 Å². The zero-order valence-electron chi connectivity index (χ0n) is 21.1. The third-order valence-corrected chi connectivity index (χ3v) is 11.8. The van der Waals surface area contributed by atoms with Crippen LogP contribution in [0.15, 0.2) is 11.6 Å². The van der Waals surface area contributed by atoms with E-state index in [1.807, 2.05) is 0 Å². The second-order valence-electron chi connectivity index (χ2n) is 13.2. The van der Waals surface area contributed by atoms with Gasteiger partial charge in [-0.25, -0.2) is 0 Å². The summed E-state index contributed by atoms with van der Waals surface area (Å²) in [6.07, 6.45) is 15.6. The summed E-state index contributed by atoms with van der Waals surface area (Å²) in [5.41, 5.74) is 2.68. The minimum atomic E-state index is -0.0906. The Kier molecular flexibility index (Phi) is 5.50. The van der Waals surface area contributed by atoms with E-state index in [2.05, 4.69) is 47.6 Å². The van der Waals surface area contributed by atoms with Gasteiger partial charge in [0, 0.05) is 0 Å². The number of hydrogen-bond acceptors (Lipinski definition) is 2. The molecule has 2 nitrogen and oxygen atoms in total. The van der Waals surface area contributed by atoms with Crippen molar-refractivity contribution < 1.29 is 9.84 Å². The summed E-state index contributed by atoms with van der Waals surface area (Å²) < 4.78 is 6.35. The average Bonchev–Trinajstić information content (AvgIpc) is 3.32. The van der Waals surface area contributed by atoms with E-state index in [1.54, 1.807) is 5.57 Å². The molecule has 1 heterocycles. The van der Waals surface area contributed by atoms with Crippen LogP contribution in [-0.2, 0) is 4.74 Å². The van der Waals surface area contributed by atoms with Crippen molar-refractivity contribution in [2.75, 3.05) is 0 Å². The van der Waals surface area contributed by atoms with Crippen LogP contribution >= 0.6 is 0 Å². The smallest absolute Gasteiger partial charge is 0.0968 e. The van der Waals surface area contributed by atoms with E-state index in [1.165, 1.54) is 44.9 Å². The molecule has 0 amide bonds. The maximum Gasteiger partial charge on any atom is 0.0968 e. The van der Waals surface area contributed by atoms with Crippen LogP contribution in [0.2, 0.25) is 0 Å². The van der Waals surface area contributed by atoms with Crippen molar-refractivity contribution in [1.82, 2.24) is 0 Å². The van der Waals surface area contributed by atoms with Crippen LogP contribution in [0.4, 0.5) is 0 Å². The zero-order valence-corrected chi connectivity index (χ0v) is 21.1. The molecular weight excluding hydrogens is 380 g/mol. The normalized spacial score (nSPS) is 52.2. The number of hydrogen-bond donors (Lipinski definition) is 1.